The zero-order valence-corrected chi connectivity index (χ0v) is 26.1. The summed E-state index contributed by atoms with van der Waals surface area (Å²) in [7, 11) is -2.67. The van der Waals surface area contributed by atoms with Crippen LogP contribution in [0.15, 0.2) is 176 Å². The third-order valence-electron chi connectivity index (χ3n) is 9.10. The lowest BCUT2D eigenvalue weighted by Crippen LogP contribution is -2.77. The van der Waals surface area contributed by atoms with E-state index in [0.29, 0.717) is 5.56 Å². The van der Waals surface area contributed by atoms with Crippen LogP contribution in [0.1, 0.15) is 5.56 Å². The van der Waals surface area contributed by atoms with E-state index >= 15 is 0 Å². The van der Waals surface area contributed by atoms with Crippen LogP contribution < -0.4 is 25.6 Å². The average Bonchev–Trinajstić information content (AvgIpc) is 3.14. The van der Waals surface area contributed by atoms with Gasteiger partial charge in [0.05, 0.1) is 11.3 Å². The van der Waals surface area contributed by atoms with Crippen LogP contribution in [0.2, 0.25) is 0 Å². The highest BCUT2D eigenvalue weighted by Gasteiger charge is 2.48. The molecule has 0 unspecified atom stereocenters. The van der Waals surface area contributed by atoms with E-state index < -0.39 is 8.07 Å². The number of hydrogen-bond acceptors (Lipinski definition) is 3. The minimum Gasteiger partial charge on any atom is -0.310 e. The molecule has 0 saturated heterocycles. The minimum absolute atomic E-state index is 0.571. The molecule has 6 aromatic carbocycles. The van der Waals surface area contributed by atoms with Crippen LogP contribution in [-0.2, 0) is 0 Å². The van der Waals surface area contributed by atoms with Crippen LogP contribution >= 0.6 is 0 Å². The van der Waals surface area contributed by atoms with Crippen molar-refractivity contribution in [2.75, 3.05) is 4.90 Å². The van der Waals surface area contributed by atoms with Gasteiger partial charge in [0.15, 0.2) is 8.07 Å². The summed E-state index contributed by atoms with van der Waals surface area (Å²) in [4.78, 5) is 6.59. The van der Waals surface area contributed by atoms with Crippen LogP contribution in [0.3, 0.4) is 0 Å². The number of nitrogens with zero attached hydrogens (tertiary/aromatic N) is 3. The summed E-state index contributed by atoms with van der Waals surface area (Å²) in [6.07, 6.45) is 3.36. The third kappa shape index (κ3) is 4.29. The Morgan fingerprint density at radius 1 is 0.478 bits per heavy atom. The molecule has 1 aliphatic rings. The number of nitriles is 1. The number of pyridine rings is 1. The molecule has 216 valence electrons. The molecule has 0 fully saturated rings. The molecule has 0 saturated carbocycles. The highest BCUT2D eigenvalue weighted by molar-refractivity contribution is 7.21. The lowest BCUT2D eigenvalue weighted by Gasteiger charge is -2.45. The predicted octanol–water partition coefficient (Wildman–Crippen LogP) is 7.45. The summed E-state index contributed by atoms with van der Waals surface area (Å²) in [5.41, 5.74) is 8.25. The molecule has 1 aromatic heterocycles. The standard InChI is InChI=1S/C42H29N3Si/c43-29-33-30-44-28-27-36(33)31-23-25-32(26-24-31)37-17-7-8-18-38(37)45-39-19-9-11-21-41(39)46(34-13-3-1-4-14-34,35-15-5-2-6-16-35)42-22-12-10-20-40(42)45/h1-28,30H. The molecule has 0 bridgehead atoms. The fourth-order valence-corrected chi connectivity index (χ4v) is 12.3. The van der Waals surface area contributed by atoms with Gasteiger partial charge in [0.25, 0.3) is 0 Å². The van der Waals surface area contributed by atoms with Gasteiger partial charge >= 0.3 is 0 Å². The van der Waals surface area contributed by atoms with Gasteiger partial charge in [-0.25, -0.2) is 0 Å². The van der Waals surface area contributed by atoms with E-state index in [0.717, 1.165) is 27.9 Å². The molecule has 0 atom stereocenters. The second-order valence-electron chi connectivity index (χ2n) is 11.5. The van der Waals surface area contributed by atoms with Crippen LogP contribution in [0.4, 0.5) is 17.1 Å². The highest BCUT2D eigenvalue weighted by atomic mass is 28.3. The first-order valence-corrected chi connectivity index (χ1v) is 17.4. The Balaban J connectivity index is 1.35. The van der Waals surface area contributed by atoms with Crippen LogP contribution in [-0.4, -0.2) is 13.1 Å². The summed E-state index contributed by atoms with van der Waals surface area (Å²) >= 11 is 0. The van der Waals surface area contributed by atoms with Crippen LogP contribution in [0, 0.1) is 11.3 Å². The first-order valence-electron chi connectivity index (χ1n) is 15.4. The summed E-state index contributed by atoms with van der Waals surface area (Å²) in [5.74, 6) is 0. The van der Waals surface area contributed by atoms with Gasteiger partial charge in [-0.2, -0.15) is 5.26 Å². The van der Waals surface area contributed by atoms with E-state index in [9.17, 15) is 5.26 Å². The van der Waals surface area contributed by atoms with Crippen LogP contribution in [0.5, 0.6) is 0 Å². The molecule has 46 heavy (non-hydrogen) atoms. The Labute approximate surface area is 270 Å². The highest BCUT2D eigenvalue weighted by Crippen LogP contribution is 2.43. The Hall–Kier alpha value is -6.02. The van der Waals surface area contributed by atoms with Crippen molar-refractivity contribution in [1.29, 1.82) is 5.26 Å². The largest absolute Gasteiger partial charge is 0.310 e. The molecule has 0 aliphatic carbocycles. The van der Waals surface area contributed by atoms with E-state index in [1.165, 1.54) is 32.1 Å². The van der Waals surface area contributed by atoms with E-state index in [1.54, 1.807) is 12.4 Å². The smallest absolute Gasteiger partial charge is 0.184 e. The number of para-hydroxylation sites is 3. The maximum atomic E-state index is 9.64. The van der Waals surface area contributed by atoms with Crippen molar-refractivity contribution < 1.29 is 0 Å². The third-order valence-corrected chi connectivity index (χ3v) is 14.0. The molecule has 8 rings (SSSR count). The van der Waals surface area contributed by atoms with Crippen molar-refractivity contribution in [1.82, 2.24) is 4.98 Å². The van der Waals surface area contributed by atoms with Crippen molar-refractivity contribution in [3.63, 3.8) is 0 Å². The number of hydrogen-bond donors (Lipinski definition) is 0. The van der Waals surface area contributed by atoms with Gasteiger partial charge in [-0.05, 0) is 56.1 Å². The molecular weight excluding hydrogens is 575 g/mol. The summed E-state index contributed by atoms with van der Waals surface area (Å²) < 4.78 is 0. The van der Waals surface area contributed by atoms with E-state index in [1.807, 2.05) is 6.07 Å². The fraction of sp³-hybridized carbons (Fsp3) is 0. The second-order valence-corrected chi connectivity index (χ2v) is 15.2. The van der Waals surface area contributed by atoms with Gasteiger partial charge < -0.3 is 4.90 Å². The van der Waals surface area contributed by atoms with Gasteiger partial charge in [-0.1, -0.05) is 140 Å². The van der Waals surface area contributed by atoms with Crippen molar-refractivity contribution >= 4 is 45.9 Å². The molecule has 0 radical (unpaired) electrons. The Kier molecular flexibility index (Phi) is 6.87. The predicted molar refractivity (Wildman–Crippen MR) is 192 cm³/mol. The Morgan fingerprint density at radius 2 is 0.957 bits per heavy atom. The molecule has 1 aliphatic heterocycles. The van der Waals surface area contributed by atoms with Crippen molar-refractivity contribution in [2.24, 2.45) is 0 Å². The van der Waals surface area contributed by atoms with E-state index in [-0.39, 0.29) is 0 Å². The lowest BCUT2D eigenvalue weighted by molar-refractivity contribution is 1.29. The number of anilines is 3. The topological polar surface area (TPSA) is 39.9 Å². The quantitative estimate of drug-likeness (QED) is 0.192. The van der Waals surface area contributed by atoms with Gasteiger partial charge in [-0.15, -0.1) is 0 Å². The SMILES string of the molecule is N#Cc1cnccc1-c1ccc(-c2ccccc2N2c3ccccc3[Si](c3ccccc3)(c3ccccc3)c3ccccc32)cc1. The van der Waals surface area contributed by atoms with E-state index in [4.69, 9.17) is 0 Å². The molecule has 0 spiro atoms. The molecule has 0 N–H and O–H groups in total. The molecule has 4 heteroatoms. The second kappa shape index (κ2) is 11.5. The van der Waals surface area contributed by atoms with Crippen molar-refractivity contribution in [3.8, 4) is 28.3 Å². The maximum Gasteiger partial charge on any atom is 0.184 e. The van der Waals surface area contributed by atoms with Gasteiger partial charge in [0.1, 0.15) is 6.07 Å². The van der Waals surface area contributed by atoms with Crippen molar-refractivity contribution in [3.05, 3.63) is 182 Å². The number of aromatic nitrogens is 1. The zero-order valence-electron chi connectivity index (χ0n) is 25.1. The number of fused-ring (bicyclic) bond motifs is 2. The average molecular weight is 604 g/mol. The number of benzene rings is 6. The monoisotopic (exact) mass is 603 g/mol. The van der Waals surface area contributed by atoms with Gasteiger partial charge in [0, 0.05) is 34.9 Å². The first-order chi connectivity index (χ1) is 22.8. The summed E-state index contributed by atoms with van der Waals surface area (Å²) in [6.45, 7) is 0. The van der Waals surface area contributed by atoms with E-state index in [2.05, 4.69) is 174 Å². The molecule has 2 heterocycles. The van der Waals surface area contributed by atoms with Gasteiger partial charge in [0.2, 0.25) is 0 Å². The maximum absolute atomic E-state index is 9.64. The Morgan fingerprint density at radius 3 is 1.52 bits per heavy atom. The molecular formula is C42H29N3Si. The molecule has 7 aromatic rings. The fourth-order valence-electron chi connectivity index (χ4n) is 7.15. The lowest BCUT2D eigenvalue weighted by atomic mass is 9.97. The molecule has 3 nitrogen and oxygen atoms in total. The van der Waals surface area contributed by atoms with Crippen LogP contribution in [0.25, 0.3) is 22.3 Å². The molecule has 0 amide bonds. The minimum atomic E-state index is -2.67. The normalized spacial score (nSPS) is 12.9. The van der Waals surface area contributed by atoms with Crippen molar-refractivity contribution in [2.45, 2.75) is 0 Å². The van der Waals surface area contributed by atoms with Gasteiger partial charge in [-0.3, -0.25) is 4.98 Å². The Bertz CT molecular complexity index is 2130. The summed E-state index contributed by atoms with van der Waals surface area (Å²) in [6, 6.07) is 61.5. The summed E-state index contributed by atoms with van der Waals surface area (Å²) in [5, 5.41) is 15.1. The zero-order chi connectivity index (χ0) is 30.9. The number of rotatable bonds is 5. The first kappa shape index (κ1) is 27.5.